The fourth-order valence-electron chi connectivity index (χ4n) is 1.08. The maximum absolute atomic E-state index is 12.1. The molecule has 4 nitrogen and oxygen atoms in total. The van der Waals surface area contributed by atoms with Crippen LogP contribution in [-0.4, -0.2) is 35.4 Å². The van der Waals surface area contributed by atoms with Gasteiger partial charge in [-0.3, -0.25) is 4.79 Å². The van der Waals surface area contributed by atoms with Gasteiger partial charge in [0.25, 0.3) is 0 Å². The number of amides is 1. The van der Waals surface area contributed by atoms with Gasteiger partial charge in [-0.05, 0) is 6.42 Å². The molecule has 0 aliphatic carbocycles. The van der Waals surface area contributed by atoms with Gasteiger partial charge in [-0.25, -0.2) is 4.79 Å². The first-order chi connectivity index (χ1) is 7.91. The van der Waals surface area contributed by atoms with Gasteiger partial charge < -0.3 is 10.4 Å². The number of rotatable bonds is 4. The molecule has 0 aliphatic rings. The van der Waals surface area contributed by atoms with Crippen LogP contribution in [0.4, 0.5) is 26.3 Å². The number of carbonyl (C=O) groups excluding carboxylic acids is 1. The molecule has 0 aromatic rings. The Labute approximate surface area is 97.0 Å². The molecule has 0 saturated carbocycles. The second-order valence-electron chi connectivity index (χ2n) is 3.32. The van der Waals surface area contributed by atoms with Gasteiger partial charge >= 0.3 is 18.3 Å². The Morgan fingerprint density at radius 1 is 1.11 bits per heavy atom. The van der Waals surface area contributed by atoms with E-state index in [-0.39, 0.29) is 6.42 Å². The van der Waals surface area contributed by atoms with Gasteiger partial charge in [-0.1, -0.05) is 6.92 Å². The van der Waals surface area contributed by atoms with Crippen molar-refractivity contribution >= 4 is 11.9 Å². The third-order valence-electron chi connectivity index (χ3n) is 1.94. The number of aliphatic carboxylic acids is 1. The van der Waals surface area contributed by atoms with Crippen LogP contribution in [0, 0.1) is 5.92 Å². The zero-order valence-electron chi connectivity index (χ0n) is 8.89. The second kappa shape index (κ2) is 5.44. The van der Waals surface area contributed by atoms with E-state index in [1.54, 1.807) is 0 Å². The predicted molar refractivity (Wildman–Crippen MR) is 45.5 cm³/mol. The third kappa shape index (κ3) is 4.41. The van der Waals surface area contributed by atoms with Crippen molar-refractivity contribution in [2.24, 2.45) is 5.92 Å². The zero-order valence-corrected chi connectivity index (χ0v) is 8.89. The lowest BCUT2D eigenvalue weighted by Gasteiger charge is -2.23. The molecule has 18 heavy (non-hydrogen) atoms. The van der Waals surface area contributed by atoms with E-state index in [1.807, 2.05) is 0 Å². The summed E-state index contributed by atoms with van der Waals surface area (Å²) in [6.07, 6.45) is -12.0. The van der Waals surface area contributed by atoms with Gasteiger partial charge in [-0.15, -0.1) is 0 Å². The molecule has 0 unspecified atom stereocenters. The highest BCUT2D eigenvalue weighted by Gasteiger charge is 2.61. The van der Waals surface area contributed by atoms with Crippen molar-refractivity contribution in [3.05, 3.63) is 0 Å². The average Bonchev–Trinajstić information content (AvgIpc) is 2.08. The zero-order chi connectivity index (χ0) is 14.7. The largest absolute Gasteiger partial charge is 0.480 e. The molecule has 0 bridgehead atoms. The fourth-order valence-corrected chi connectivity index (χ4v) is 1.08. The summed E-state index contributed by atoms with van der Waals surface area (Å²) in [5.41, 5.74) is 0. The first-order valence-corrected chi connectivity index (χ1v) is 4.57. The van der Waals surface area contributed by atoms with E-state index in [9.17, 15) is 35.9 Å². The Morgan fingerprint density at radius 3 is 1.72 bits per heavy atom. The van der Waals surface area contributed by atoms with E-state index in [0.29, 0.717) is 0 Å². The number of carboxylic acid groups (broad SMARTS) is 1. The standard InChI is InChI=1S/C8H9F6NO3/c1-2-3(6(17)18)15-5(16)4(7(9,10)11)8(12,13)14/h3-4H,2H2,1H3,(H,15,16)(H,17,18)/t3-/m0/s1. The third-order valence-corrected chi connectivity index (χ3v) is 1.94. The average molecular weight is 281 g/mol. The van der Waals surface area contributed by atoms with Gasteiger partial charge in [0.1, 0.15) is 6.04 Å². The lowest BCUT2D eigenvalue weighted by Crippen LogP contribution is -2.52. The Kier molecular flexibility index (Phi) is 4.99. The molecule has 0 radical (unpaired) electrons. The summed E-state index contributed by atoms with van der Waals surface area (Å²) in [7, 11) is 0. The van der Waals surface area contributed by atoms with Crippen molar-refractivity contribution in [1.29, 1.82) is 0 Å². The molecule has 0 aromatic heterocycles. The van der Waals surface area contributed by atoms with Crippen LogP contribution in [-0.2, 0) is 9.59 Å². The Hall–Kier alpha value is -1.48. The van der Waals surface area contributed by atoms with Gasteiger partial charge in [-0.2, -0.15) is 26.3 Å². The highest BCUT2D eigenvalue weighted by atomic mass is 19.4. The summed E-state index contributed by atoms with van der Waals surface area (Å²) in [4.78, 5) is 21.3. The van der Waals surface area contributed by atoms with Crippen molar-refractivity contribution in [2.75, 3.05) is 0 Å². The molecule has 0 saturated heterocycles. The van der Waals surface area contributed by atoms with E-state index < -0.39 is 36.2 Å². The minimum absolute atomic E-state index is 0.344. The van der Waals surface area contributed by atoms with Crippen LogP contribution < -0.4 is 5.32 Å². The molecule has 0 spiro atoms. The second-order valence-corrected chi connectivity index (χ2v) is 3.32. The Balaban J connectivity index is 5.07. The van der Waals surface area contributed by atoms with Crippen molar-refractivity contribution in [3.8, 4) is 0 Å². The number of carbonyl (C=O) groups is 2. The van der Waals surface area contributed by atoms with Crippen LogP contribution >= 0.6 is 0 Å². The van der Waals surface area contributed by atoms with Crippen LogP contribution in [0.25, 0.3) is 0 Å². The first-order valence-electron chi connectivity index (χ1n) is 4.57. The maximum atomic E-state index is 12.1. The van der Waals surface area contributed by atoms with Crippen molar-refractivity contribution in [3.63, 3.8) is 0 Å². The number of alkyl halides is 6. The molecule has 0 heterocycles. The van der Waals surface area contributed by atoms with Crippen LogP contribution in [0.15, 0.2) is 0 Å². The molecular weight excluding hydrogens is 272 g/mol. The van der Waals surface area contributed by atoms with E-state index in [0.717, 1.165) is 0 Å². The summed E-state index contributed by atoms with van der Waals surface area (Å²) in [5.74, 6) is -8.38. The van der Waals surface area contributed by atoms with Crippen LogP contribution in [0.1, 0.15) is 13.3 Å². The molecule has 106 valence electrons. The van der Waals surface area contributed by atoms with E-state index in [2.05, 4.69) is 0 Å². The van der Waals surface area contributed by atoms with E-state index in [4.69, 9.17) is 5.11 Å². The molecule has 0 fully saturated rings. The quantitative estimate of drug-likeness (QED) is 0.771. The number of hydrogen-bond donors (Lipinski definition) is 2. The fraction of sp³-hybridized carbons (Fsp3) is 0.750. The number of halogens is 6. The monoisotopic (exact) mass is 281 g/mol. The van der Waals surface area contributed by atoms with Crippen LogP contribution in [0.2, 0.25) is 0 Å². The van der Waals surface area contributed by atoms with Gasteiger partial charge in [0.2, 0.25) is 11.8 Å². The van der Waals surface area contributed by atoms with Crippen LogP contribution in [0.5, 0.6) is 0 Å². The number of nitrogens with one attached hydrogen (secondary N) is 1. The Bertz CT molecular complexity index is 310. The van der Waals surface area contributed by atoms with Crippen molar-refractivity contribution in [2.45, 2.75) is 31.7 Å². The SMILES string of the molecule is CC[C@H](NC(=O)C(C(F)(F)F)C(F)(F)F)C(=O)O. The van der Waals surface area contributed by atoms with E-state index in [1.165, 1.54) is 12.2 Å². The lowest BCUT2D eigenvalue weighted by molar-refractivity contribution is -0.274. The molecule has 1 amide bonds. The highest BCUT2D eigenvalue weighted by molar-refractivity contribution is 5.85. The minimum Gasteiger partial charge on any atom is -0.480 e. The van der Waals surface area contributed by atoms with Crippen LogP contribution in [0.3, 0.4) is 0 Å². The first kappa shape index (κ1) is 16.5. The number of carboxylic acids is 1. The summed E-state index contributed by atoms with van der Waals surface area (Å²) in [6.45, 7) is 1.19. The summed E-state index contributed by atoms with van der Waals surface area (Å²) in [5, 5.41) is 9.63. The molecule has 2 N–H and O–H groups in total. The van der Waals surface area contributed by atoms with Crippen molar-refractivity contribution < 1.29 is 41.0 Å². The topological polar surface area (TPSA) is 66.4 Å². The highest BCUT2D eigenvalue weighted by Crippen LogP contribution is 2.39. The molecular formula is C8H9F6NO3. The molecule has 0 aromatic carbocycles. The molecule has 0 aliphatic heterocycles. The van der Waals surface area contributed by atoms with Gasteiger partial charge in [0.05, 0.1) is 0 Å². The lowest BCUT2D eigenvalue weighted by atomic mass is 10.1. The van der Waals surface area contributed by atoms with Gasteiger partial charge in [0, 0.05) is 0 Å². The summed E-state index contributed by atoms with van der Waals surface area (Å²) < 4.78 is 72.6. The normalized spacial score (nSPS) is 14.4. The minimum atomic E-state index is -5.83. The van der Waals surface area contributed by atoms with E-state index >= 15 is 0 Å². The molecule has 1 atom stereocenters. The summed E-state index contributed by atoms with van der Waals surface area (Å²) >= 11 is 0. The summed E-state index contributed by atoms with van der Waals surface area (Å²) in [6, 6.07) is -1.80. The van der Waals surface area contributed by atoms with Gasteiger partial charge in [0.15, 0.2) is 0 Å². The Morgan fingerprint density at radius 2 is 1.50 bits per heavy atom. The van der Waals surface area contributed by atoms with Crippen molar-refractivity contribution in [1.82, 2.24) is 5.32 Å². The maximum Gasteiger partial charge on any atom is 0.409 e. The predicted octanol–water partition coefficient (Wildman–Crippen LogP) is 1.71. The molecule has 10 heteroatoms. The molecule has 0 rings (SSSR count). The number of hydrogen-bond acceptors (Lipinski definition) is 2. The smallest absolute Gasteiger partial charge is 0.409 e.